The standard InChI is InChI=1S/C15H21N3OS2/c1-15(2,3)11-5-7-12(8-6-11)19-9-4-10-20-14-18-17-13(16)21-14/h5-8H,4,9-10H2,1-3H3,(H2,16,17). The van der Waals surface area contributed by atoms with E-state index in [-0.39, 0.29) is 5.41 Å². The summed E-state index contributed by atoms with van der Waals surface area (Å²) in [7, 11) is 0. The van der Waals surface area contributed by atoms with Crippen LogP contribution in [0.25, 0.3) is 0 Å². The molecule has 1 aromatic heterocycles. The molecule has 0 atom stereocenters. The lowest BCUT2D eigenvalue weighted by Gasteiger charge is -2.19. The number of nitrogen functional groups attached to an aromatic ring is 1. The molecule has 1 heterocycles. The van der Waals surface area contributed by atoms with Crippen molar-refractivity contribution in [1.82, 2.24) is 10.2 Å². The van der Waals surface area contributed by atoms with E-state index in [2.05, 4.69) is 43.1 Å². The molecule has 4 nitrogen and oxygen atoms in total. The fourth-order valence-corrected chi connectivity index (χ4v) is 3.36. The summed E-state index contributed by atoms with van der Waals surface area (Å²) in [6.45, 7) is 7.33. The molecule has 2 rings (SSSR count). The van der Waals surface area contributed by atoms with Gasteiger partial charge in [-0.1, -0.05) is 56.0 Å². The molecule has 0 fully saturated rings. The lowest BCUT2D eigenvalue weighted by molar-refractivity contribution is 0.318. The largest absolute Gasteiger partial charge is 0.494 e. The van der Waals surface area contributed by atoms with Gasteiger partial charge < -0.3 is 10.5 Å². The van der Waals surface area contributed by atoms with Gasteiger partial charge >= 0.3 is 0 Å². The Morgan fingerprint density at radius 2 is 1.90 bits per heavy atom. The van der Waals surface area contributed by atoms with Crippen molar-refractivity contribution in [2.45, 2.75) is 36.9 Å². The molecule has 0 amide bonds. The Hall–Kier alpha value is -1.27. The minimum atomic E-state index is 0.179. The summed E-state index contributed by atoms with van der Waals surface area (Å²) in [5.74, 6) is 1.88. The molecule has 0 saturated carbocycles. The first-order valence-corrected chi connectivity index (χ1v) is 8.70. The monoisotopic (exact) mass is 323 g/mol. The minimum absolute atomic E-state index is 0.179. The zero-order chi connectivity index (χ0) is 15.3. The highest BCUT2D eigenvalue weighted by atomic mass is 32.2. The average Bonchev–Trinajstić information content (AvgIpc) is 2.84. The molecule has 0 unspecified atom stereocenters. The van der Waals surface area contributed by atoms with Crippen molar-refractivity contribution in [3.05, 3.63) is 29.8 Å². The maximum atomic E-state index is 5.75. The van der Waals surface area contributed by atoms with E-state index in [0.717, 1.165) is 22.3 Å². The van der Waals surface area contributed by atoms with Crippen molar-refractivity contribution >= 4 is 28.2 Å². The molecule has 2 N–H and O–H groups in total. The number of ether oxygens (including phenoxy) is 1. The molecular formula is C15H21N3OS2. The predicted molar refractivity (Wildman–Crippen MR) is 90.3 cm³/mol. The molecule has 0 spiro atoms. The minimum Gasteiger partial charge on any atom is -0.494 e. The Labute approximate surface area is 134 Å². The first kappa shape index (κ1) is 16.1. The van der Waals surface area contributed by atoms with Crippen molar-refractivity contribution in [3.63, 3.8) is 0 Å². The van der Waals surface area contributed by atoms with E-state index in [1.54, 1.807) is 11.8 Å². The lowest BCUT2D eigenvalue weighted by Crippen LogP contribution is -2.10. The van der Waals surface area contributed by atoms with Crippen LogP contribution in [0.4, 0.5) is 5.13 Å². The van der Waals surface area contributed by atoms with Gasteiger partial charge in [0, 0.05) is 5.75 Å². The Balaban J connectivity index is 1.69. The van der Waals surface area contributed by atoms with Crippen LogP contribution in [0.15, 0.2) is 28.6 Å². The molecule has 21 heavy (non-hydrogen) atoms. The fourth-order valence-electron chi connectivity index (χ4n) is 1.74. The molecular weight excluding hydrogens is 302 g/mol. The van der Waals surface area contributed by atoms with E-state index in [1.807, 2.05) is 12.1 Å². The number of benzene rings is 1. The average molecular weight is 323 g/mol. The Morgan fingerprint density at radius 3 is 2.48 bits per heavy atom. The van der Waals surface area contributed by atoms with E-state index < -0.39 is 0 Å². The van der Waals surface area contributed by atoms with Crippen LogP contribution >= 0.6 is 23.1 Å². The molecule has 114 valence electrons. The highest BCUT2D eigenvalue weighted by Gasteiger charge is 2.12. The van der Waals surface area contributed by atoms with Crippen LogP contribution < -0.4 is 10.5 Å². The molecule has 0 aliphatic carbocycles. The van der Waals surface area contributed by atoms with Gasteiger partial charge in [-0.3, -0.25) is 0 Å². The number of nitrogens with zero attached hydrogens (tertiary/aromatic N) is 2. The Kier molecular flexibility index (Phi) is 5.47. The molecule has 6 heteroatoms. The van der Waals surface area contributed by atoms with Gasteiger partial charge in [-0.25, -0.2) is 0 Å². The van der Waals surface area contributed by atoms with Crippen molar-refractivity contribution in [1.29, 1.82) is 0 Å². The molecule has 0 bridgehead atoms. The van der Waals surface area contributed by atoms with Gasteiger partial charge in [0.15, 0.2) is 4.34 Å². The zero-order valence-corrected chi connectivity index (χ0v) is 14.3. The van der Waals surface area contributed by atoms with Gasteiger partial charge in [0.25, 0.3) is 0 Å². The van der Waals surface area contributed by atoms with E-state index in [9.17, 15) is 0 Å². The van der Waals surface area contributed by atoms with Crippen LogP contribution in [0.3, 0.4) is 0 Å². The second-order valence-electron chi connectivity index (χ2n) is 5.73. The molecule has 0 saturated heterocycles. The summed E-state index contributed by atoms with van der Waals surface area (Å²) >= 11 is 3.09. The number of hydrogen-bond donors (Lipinski definition) is 1. The second kappa shape index (κ2) is 7.13. The Morgan fingerprint density at radius 1 is 1.19 bits per heavy atom. The first-order valence-electron chi connectivity index (χ1n) is 6.90. The maximum Gasteiger partial charge on any atom is 0.203 e. The summed E-state index contributed by atoms with van der Waals surface area (Å²) in [5.41, 5.74) is 7.03. The summed E-state index contributed by atoms with van der Waals surface area (Å²) in [6, 6.07) is 8.35. The topological polar surface area (TPSA) is 61.0 Å². The molecule has 0 radical (unpaired) electrons. The maximum absolute atomic E-state index is 5.75. The number of rotatable bonds is 6. The smallest absolute Gasteiger partial charge is 0.203 e. The van der Waals surface area contributed by atoms with Crippen LogP contribution in [0.1, 0.15) is 32.8 Å². The van der Waals surface area contributed by atoms with Gasteiger partial charge in [0.05, 0.1) is 6.61 Å². The summed E-state index contributed by atoms with van der Waals surface area (Å²) < 4.78 is 6.66. The summed E-state index contributed by atoms with van der Waals surface area (Å²) in [6.07, 6.45) is 0.963. The number of thioether (sulfide) groups is 1. The molecule has 0 aliphatic heterocycles. The third-order valence-corrected chi connectivity index (χ3v) is 4.90. The van der Waals surface area contributed by atoms with E-state index in [4.69, 9.17) is 10.5 Å². The molecule has 2 aromatic rings. The highest BCUT2D eigenvalue weighted by molar-refractivity contribution is 8.01. The number of anilines is 1. The Bertz CT molecular complexity index is 561. The van der Waals surface area contributed by atoms with E-state index in [1.165, 1.54) is 16.9 Å². The SMILES string of the molecule is CC(C)(C)c1ccc(OCCCSc2nnc(N)s2)cc1. The zero-order valence-electron chi connectivity index (χ0n) is 12.6. The highest BCUT2D eigenvalue weighted by Crippen LogP contribution is 2.25. The summed E-state index contributed by atoms with van der Waals surface area (Å²) in [5, 5.41) is 8.28. The van der Waals surface area contributed by atoms with Gasteiger partial charge in [-0.05, 0) is 29.5 Å². The van der Waals surface area contributed by atoms with Gasteiger partial charge in [0.2, 0.25) is 5.13 Å². The van der Waals surface area contributed by atoms with E-state index >= 15 is 0 Å². The van der Waals surface area contributed by atoms with Crippen molar-refractivity contribution in [3.8, 4) is 5.75 Å². The van der Waals surface area contributed by atoms with Gasteiger partial charge in [-0.2, -0.15) is 0 Å². The quantitative estimate of drug-likeness (QED) is 0.643. The van der Waals surface area contributed by atoms with E-state index in [0.29, 0.717) is 11.7 Å². The first-order chi connectivity index (χ1) is 9.95. The normalized spacial score (nSPS) is 11.6. The van der Waals surface area contributed by atoms with Crippen LogP contribution in [-0.4, -0.2) is 22.6 Å². The van der Waals surface area contributed by atoms with Gasteiger partial charge in [0.1, 0.15) is 5.75 Å². The van der Waals surface area contributed by atoms with Crippen LogP contribution in [-0.2, 0) is 5.41 Å². The molecule has 0 aliphatic rings. The van der Waals surface area contributed by atoms with Gasteiger partial charge in [-0.15, -0.1) is 10.2 Å². The van der Waals surface area contributed by atoms with Crippen LogP contribution in [0, 0.1) is 0 Å². The van der Waals surface area contributed by atoms with Crippen molar-refractivity contribution < 1.29 is 4.74 Å². The number of hydrogen-bond acceptors (Lipinski definition) is 6. The number of nitrogens with two attached hydrogens (primary N) is 1. The number of aromatic nitrogens is 2. The molecule has 1 aromatic carbocycles. The lowest BCUT2D eigenvalue weighted by atomic mass is 9.87. The predicted octanol–water partition coefficient (Wildman–Crippen LogP) is 3.98. The van der Waals surface area contributed by atoms with Crippen molar-refractivity contribution in [2.24, 2.45) is 0 Å². The van der Waals surface area contributed by atoms with Crippen LogP contribution in [0.5, 0.6) is 5.75 Å². The van der Waals surface area contributed by atoms with Crippen molar-refractivity contribution in [2.75, 3.05) is 18.1 Å². The third kappa shape index (κ3) is 5.21. The third-order valence-electron chi connectivity index (χ3n) is 2.93. The second-order valence-corrected chi connectivity index (χ2v) is 8.08. The van der Waals surface area contributed by atoms with Crippen LogP contribution in [0.2, 0.25) is 0 Å². The summed E-state index contributed by atoms with van der Waals surface area (Å²) in [4.78, 5) is 0. The fraction of sp³-hybridized carbons (Fsp3) is 0.467.